The average Bonchev–Trinajstić information content (AvgIpc) is 3.07. The molecule has 0 aliphatic rings. The van der Waals surface area contributed by atoms with E-state index in [-0.39, 0.29) is 19.4 Å². The highest BCUT2D eigenvalue weighted by molar-refractivity contribution is 7.46. The van der Waals surface area contributed by atoms with Crippen LogP contribution in [0, 0.1) is 0 Å². The van der Waals surface area contributed by atoms with Crippen LogP contribution in [0.1, 0.15) is 162 Å². The molecule has 0 aromatic heterocycles. The third kappa shape index (κ3) is 38.4. The van der Waals surface area contributed by atoms with Crippen molar-refractivity contribution in [1.29, 1.82) is 0 Å². The highest BCUT2D eigenvalue weighted by Gasteiger charge is 2.22. The maximum atomic E-state index is 12.4. The number of esters is 2. The second-order valence-electron chi connectivity index (χ2n) is 12.5. The Morgan fingerprint density at radius 2 is 0.980 bits per heavy atom. The molecule has 0 rings (SSSR count). The Morgan fingerprint density at radius 1 is 0.551 bits per heavy atom. The minimum atomic E-state index is -4.76. The molecule has 0 aliphatic carbocycles. The normalized spacial score (nSPS) is 13.1. The topological polar surface area (TPSA) is 119 Å². The monoisotopic (exact) mass is 708 g/mol. The number of allylic oxidation sites excluding steroid dienone is 10. The largest absolute Gasteiger partial charge is 0.469 e. The summed E-state index contributed by atoms with van der Waals surface area (Å²) in [4.78, 5) is 42.7. The van der Waals surface area contributed by atoms with E-state index in [1.165, 1.54) is 57.8 Å². The van der Waals surface area contributed by atoms with E-state index in [4.69, 9.17) is 19.3 Å². The Balaban J connectivity index is 4.05. The van der Waals surface area contributed by atoms with Crippen molar-refractivity contribution in [1.82, 2.24) is 0 Å². The number of carbonyl (C=O) groups excluding carboxylic acids is 2. The van der Waals surface area contributed by atoms with Gasteiger partial charge in [0.15, 0.2) is 6.10 Å². The van der Waals surface area contributed by atoms with Gasteiger partial charge in [-0.15, -0.1) is 0 Å². The lowest BCUT2D eigenvalue weighted by atomic mass is 10.0. The van der Waals surface area contributed by atoms with Gasteiger partial charge in [0, 0.05) is 12.8 Å². The van der Waals surface area contributed by atoms with Gasteiger partial charge >= 0.3 is 19.8 Å². The van der Waals surface area contributed by atoms with Gasteiger partial charge in [0.05, 0.1) is 6.61 Å². The van der Waals surface area contributed by atoms with Crippen molar-refractivity contribution in [2.24, 2.45) is 0 Å². The highest BCUT2D eigenvalue weighted by atomic mass is 31.2. The van der Waals surface area contributed by atoms with Gasteiger partial charge in [-0.05, 0) is 57.8 Å². The van der Waals surface area contributed by atoms with E-state index in [1.54, 1.807) is 0 Å². The smallest absolute Gasteiger partial charge is 0.462 e. The minimum absolute atomic E-state index is 0.172. The van der Waals surface area contributed by atoms with Gasteiger partial charge < -0.3 is 19.3 Å². The SMILES string of the molecule is CC/C=C/C/C=C/C/C=C/C/C=C/C/C=C/CCCCCC(=O)O[C@H](COC(=O)CCCCCCCCCCCCCC)COP(=O)(O)O. The van der Waals surface area contributed by atoms with E-state index in [0.717, 1.165) is 70.6 Å². The van der Waals surface area contributed by atoms with Crippen LogP contribution in [-0.4, -0.2) is 41.0 Å². The predicted molar refractivity (Wildman–Crippen MR) is 202 cm³/mol. The lowest BCUT2D eigenvalue weighted by Crippen LogP contribution is -2.29. The lowest BCUT2D eigenvalue weighted by Gasteiger charge is -2.18. The van der Waals surface area contributed by atoms with Crippen LogP contribution in [0.15, 0.2) is 60.8 Å². The van der Waals surface area contributed by atoms with Gasteiger partial charge in [-0.1, -0.05) is 152 Å². The summed E-state index contributed by atoms with van der Waals surface area (Å²) in [6.45, 7) is 3.52. The average molecular weight is 709 g/mol. The lowest BCUT2D eigenvalue weighted by molar-refractivity contribution is -0.161. The number of ether oxygens (including phenoxy) is 2. The Kier molecular flexibility index (Phi) is 33.9. The summed E-state index contributed by atoms with van der Waals surface area (Å²) in [5.74, 6) is -0.925. The molecule has 0 radical (unpaired) electrons. The van der Waals surface area contributed by atoms with Gasteiger partial charge in [-0.2, -0.15) is 0 Å². The fourth-order valence-corrected chi connectivity index (χ4v) is 5.35. The van der Waals surface area contributed by atoms with Crippen molar-refractivity contribution in [2.45, 2.75) is 168 Å². The molecule has 0 amide bonds. The maximum absolute atomic E-state index is 12.4. The zero-order chi connectivity index (χ0) is 36.1. The number of carbonyl (C=O) groups is 2. The molecule has 0 heterocycles. The summed E-state index contributed by atoms with van der Waals surface area (Å²) in [6.07, 6.45) is 43.7. The molecule has 8 nitrogen and oxygen atoms in total. The van der Waals surface area contributed by atoms with Crippen LogP contribution < -0.4 is 0 Å². The highest BCUT2D eigenvalue weighted by Crippen LogP contribution is 2.36. The van der Waals surface area contributed by atoms with Crippen molar-refractivity contribution in [3.05, 3.63) is 60.8 Å². The van der Waals surface area contributed by atoms with Crippen LogP contribution in [-0.2, 0) is 28.2 Å². The third-order valence-electron chi connectivity index (χ3n) is 7.80. The van der Waals surface area contributed by atoms with E-state index in [0.29, 0.717) is 6.42 Å². The number of unbranched alkanes of at least 4 members (excludes halogenated alkanes) is 14. The molecule has 0 saturated heterocycles. The molecular weight excluding hydrogens is 639 g/mol. The van der Waals surface area contributed by atoms with Crippen molar-refractivity contribution < 1.29 is 37.9 Å². The zero-order valence-electron chi connectivity index (χ0n) is 30.8. The number of hydrogen-bond donors (Lipinski definition) is 2. The van der Waals surface area contributed by atoms with E-state index in [1.807, 2.05) is 0 Å². The summed E-state index contributed by atoms with van der Waals surface area (Å²) >= 11 is 0. The molecule has 0 spiro atoms. The van der Waals surface area contributed by atoms with Gasteiger partial charge in [0.1, 0.15) is 6.61 Å². The molecule has 0 bridgehead atoms. The fraction of sp³-hybridized carbons (Fsp3) is 0.700. The molecule has 49 heavy (non-hydrogen) atoms. The van der Waals surface area contributed by atoms with Crippen LogP contribution >= 0.6 is 7.82 Å². The van der Waals surface area contributed by atoms with E-state index < -0.39 is 32.5 Å². The summed E-state index contributed by atoms with van der Waals surface area (Å²) in [5, 5.41) is 0. The standard InChI is InChI=1S/C40H69O8P/c1-3-5-7-9-11-13-15-17-18-19-20-21-22-23-25-27-29-31-33-35-40(42)48-38(37-47-49(43,44)45)36-46-39(41)34-32-30-28-26-24-16-14-12-10-8-6-4-2/h5,7,11,13,17-18,20-21,23,25,38H,3-4,6,8-10,12,14-16,19,22,24,26-37H2,1-2H3,(H2,43,44,45)/b7-5+,13-11+,18-17+,21-20+,25-23+/t38-/m1/s1. The van der Waals surface area contributed by atoms with Crippen LogP contribution in [0.4, 0.5) is 0 Å². The Hall–Kier alpha value is -2.25. The van der Waals surface area contributed by atoms with Crippen LogP contribution in [0.5, 0.6) is 0 Å². The molecule has 282 valence electrons. The van der Waals surface area contributed by atoms with Crippen LogP contribution in [0.2, 0.25) is 0 Å². The van der Waals surface area contributed by atoms with Crippen LogP contribution in [0.3, 0.4) is 0 Å². The molecule has 2 N–H and O–H groups in total. The first kappa shape index (κ1) is 46.8. The van der Waals surface area contributed by atoms with Crippen molar-refractivity contribution >= 4 is 19.8 Å². The Labute approximate surface area is 298 Å². The van der Waals surface area contributed by atoms with E-state index in [2.05, 4.69) is 79.1 Å². The molecule has 9 heteroatoms. The first-order valence-corrected chi connectivity index (χ1v) is 20.6. The number of phosphoric acid groups is 1. The van der Waals surface area contributed by atoms with Crippen molar-refractivity contribution in [3.63, 3.8) is 0 Å². The second-order valence-corrected chi connectivity index (χ2v) is 13.8. The summed E-state index contributed by atoms with van der Waals surface area (Å²) in [7, 11) is -4.76. The predicted octanol–water partition coefficient (Wildman–Crippen LogP) is 11.3. The summed E-state index contributed by atoms with van der Waals surface area (Å²) in [6, 6.07) is 0. The van der Waals surface area contributed by atoms with E-state index in [9.17, 15) is 14.2 Å². The first-order chi connectivity index (χ1) is 23.8. The summed E-state index contributed by atoms with van der Waals surface area (Å²) < 4.78 is 26.3. The zero-order valence-corrected chi connectivity index (χ0v) is 31.7. The second kappa shape index (κ2) is 35.6. The number of rotatable bonds is 34. The molecule has 0 aromatic carbocycles. The minimum Gasteiger partial charge on any atom is -0.462 e. The first-order valence-electron chi connectivity index (χ1n) is 19.1. The molecule has 0 saturated carbocycles. The van der Waals surface area contributed by atoms with Gasteiger partial charge in [0.2, 0.25) is 0 Å². The van der Waals surface area contributed by atoms with E-state index >= 15 is 0 Å². The maximum Gasteiger partial charge on any atom is 0.469 e. The molecule has 0 unspecified atom stereocenters. The van der Waals surface area contributed by atoms with Gasteiger partial charge in [0.25, 0.3) is 0 Å². The molecule has 0 aliphatic heterocycles. The third-order valence-corrected chi connectivity index (χ3v) is 8.29. The quantitative estimate of drug-likeness (QED) is 0.0293. The van der Waals surface area contributed by atoms with Crippen molar-refractivity contribution in [2.75, 3.05) is 13.2 Å². The fourth-order valence-electron chi connectivity index (χ4n) is 4.99. The molecular formula is C40H69O8P. The van der Waals surface area contributed by atoms with Gasteiger partial charge in [-0.25, -0.2) is 4.57 Å². The van der Waals surface area contributed by atoms with Crippen molar-refractivity contribution in [3.8, 4) is 0 Å². The van der Waals surface area contributed by atoms with Crippen LogP contribution in [0.25, 0.3) is 0 Å². The molecule has 0 fully saturated rings. The number of phosphoric ester groups is 1. The Bertz CT molecular complexity index is 979. The van der Waals surface area contributed by atoms with Gasteiger partial charge in [-0.3, -0.25) is 14.1 Å². The molecule has 1 atom stereocenters. The number of hydrogen-bond acceptors (Lipinski definition) is 6. The molecule has 0 aromatic rings. The Morgan fingerprint density at radius 3 is 1.47 bits per heavy atom. The summed E-state index contributed by atoms with van der Waals surface area (Å²) in [5.41, 5.74) is 0.